The molecule has 0 radical (unpaired) electrons. The molecule has 1 aromatic rings. The summed E-state index contributed by atoms with van der Waals surface area (Å²) in [5.74, 6) is 0.576. The first-order chi connectivity index (χ1) is 6.69. The van der Waals surface area contributed by atoms with Crippen LogP contribution in [-0.2, 0) is 0 Å². The molecular weight excluding hydrogens is 188 g/mol. The van der Waals surface area contributed by atoms with Gasteiger partial charge >= 0.3 is 0 Å². The molecule has 0 bridgehead atoms. The molecule has 0 spiro atoms. The Kier molecular flexibility index (Phi) is 4.15. The molecule has 0 saturated carbocycles. The summed E-state index contributed by atoms with van der Waals surface area (Å²) in [6, 6.07) is 4.44. The lowest BCUT2D eigenvalue weighted by molar-refractivity contribution is 0.774. The van der Waals surface area contributed by atoms with Gasteiger partial charge in [0.05, 0.1) is 0 Å². The van der Waals surface area contributed by atoms with Crippen molar-refractivity contribution in [3.8, 4) is 0 Å². The summed E-state index contributed by atoms with van der Waals surface area (Å²) in [7, 11) is 0. The number of hydrogen-bond acceptors (Lipinski definition) is 1. The van der Waals surface area contributed by atoms with Crippen LogP contribution in [0.1, 0.15) is 35.9 Å². The molecule has 1 rings (SSSR count). The highest BCUT2D eigenvalue weighted by Crippen LogP contribution is 2.32. The van der Waals surface area contributed by atoms with Crippen LogP contribution < -0.4 is 0 Å². The van der Waals surface area contributed by atoms with E-state index in [0.717, 1.165) is 6.42 Å². The van der Waals surface area contributed by atoms with Gasteiger partial charge in [0.25, 0.3) is 0 Å². The Morgan fingerprint density at radius 1 is 1.57 bits per heavy atom. The lowest BCUT2D eigenvalue weighted by Crippen LogP contribution is -1.95. The Morgan fingerprint density at radius 2 is 2.29 bits per heavy atom. The standard InChI is InChI=1S/C13H18S/c1-5-7-10(3)12(6-2)13-9-8-11(4)14-13/h5,7-9,12H,1,6H2,2-4H3/b10-7+/t12-/m0/s1. The van der Waals surface area contributed by atoms with E-state index >= 15 is 0 Å². The maximum absolute atomic E-state index is 3.74. The minimum absolute atomic E-state index is 0.576. The Bertz CT molecular complexity index is 331. The largest absolute Gasteiger partial charge is 0.145 e. The van der Waals surface area contributed by atoms with Crippen LogP contribution in [0.3, 0.4) is 0 Å². The van der Waals surface area contributed by atoms with Crippen molar-refractivity contribution in [1.29, 1.82) is 0 Å². The summed E-state index contributed by atoms with van der Waals surface area (Å²) in [5, 5.41) is 0. The van der Waals surface area contributed by atoms with Crippen molar-refractivity contribution in [2.24, 2.45) is 0 Å². The maximum atomic E-state index is 3.74. The van der Waals surface area contributed by atoms with Gasteiger partial charge in [0.15, 0.2) is 0 Å². The van der Waals surface area contributed by atoms with Crippen molar-refractivity contribution in [1.82, 2.24) is 0 Å². The lowest BCUT2D eigenvalue weighted by atomic mass is 9.95. The highest BCUT2D eigenvalue weighted by atomic mass is 32.1. The van der Waals surface area contributed by atoms with Gasteiger partial charge in [0.2, 0.25) is 0 Å². The molecule has 1 aromatic heterocycles. The van der Waals surface area contributed by atoms with E-state index in [1.807, 2.05) is 17.4 Å². The van der Waals surface area contributed by atoms with Gasteiger partial charge in [-0.1, -0.05) is 31.2 Å². The summed E-state index contributed by atoms with van der Waals surface area (Å²) in [6.45, 7) is 10.3. The molecule has 0 aliphatic carbocycles. The molecule has 0 aliphatic heterocycles. The first-order valence-electron chi connectivity index (χ1n) is 5.04. The van der Waals surface area contributed by atoms with Crippen molar-refractivity contribution < 1.29 is 0 Å². The zero-order valence-corrected chi connectivity index (χ0v) is 10.0. The third kappa shape index (κ3) is 2.58. The van der Waals surface area contributed by atoms with Gasteiger partial charge in [-0.25, -0.2) is 0 Å². The summed E-state index contributed by atoms with van der Waals surface area (Å²) in [4.78, 5) is 2.87. The second kappa shape index (κ2) is 5.16. The minimum Gasteiger partial charge on any atom is -0.145 e. The van der Waals surface area contributed by atoms with Crippen LogP contribution in [0.4, 0.5) is 0 Å². The third-order valence-corrected chi connectivity index (χ3v) is 3.56. The Labute approximate surface area is 91.0 Å². The van der Waals surface area contributed by atoms with Crippen molar-refractivity contribution in [3.05, 3.63) is 46.2 Å². The van der Waals surface area contributed by atoms with Gasteiger partial charge in [0, 0.05) is 15.7 Å². The highest BCUT2D eigenvalue weighted by Gasteiger charge is 2.12. The van der Waals surface area contributed by atoms with Crippen molar-refractivity contribution in [3.63, 3.8) is 0 Å². The van der Waals surface area contributed by atoms with Crippen LogP contribution in [0, 0.1) is 6.92 Å². The van der Waals surface area contributed by atoms with E-state index in [2.05, 4.69) is 45.6 Å². The number of aryl methyl sites for hydroxylation is 1. The van der Waals surface area contributed by atoms with Crippen LogP contribution in [0.15, 0.2) is 36.4 Å². The van der Waals surface area contributed by atoms with Gasteiger partial charge in [-0.2, -0.15) is 0 Å². The summed E-state index contributed by atoms with van der Waals surface area (Å²) in [6.07, 6.45) is 5.15. The van der Waals surface area contributed by atoms with Crippen molar-refractivity contribution >= 4 is 11.3 Å². The molecule has 0 nitrogen and oxygen atoms in total. The molecule has 0 aliphatic rings. The van der Waals surface area contributed by atoms with Crippen molar-refractivity contribution in [2.45, 2.75) is 33.1 Å². The molecule has 1 heteroatoms. The Morgan fingerprint density at radius 3 is 2.71 bits per heavy atom. The van der Waals surface area contributed by atoms with Gasteiger partial charge in [-0.3, -0.25) is 0 Å². The van der Waals surface area contributed by atoms with E-state index < -0.39 is 0 Å². The number of allylic oxidation sites excluding steroid dienone is 3. The lowest BCUT2D eigenvalue weighted by Gasteiger charge is -2.13. The van der Waals surface area contributed by atoms with Crippen LogP contribution in [0.5, 0.6) is 0 Å². The average Bonchev–Trinajstić information content (AvgIpc) is 2.54. The van der Waals surface area contributed by atoms with Gasteiger partial charge in [-0.15, -0.1) is 11.3 Å². The first kappa shape index (κ1) is 11.3. The fraction of sp³-hybridized carbons (Fsp3) is 0.385. The van der Waals surface area contributed by atoms with E-state index in [1.165, 1.54) is 15.3 Å². The number of rotatable bonds is 4. The monoisotopic (exact) mass is 206 g/mol. The molecule has 14 heavy (non-hydrogen) atoms. The molecule has 76 valence electrons. The fourth-order valence-corrected chi connectivity index (χ4v) is 2.83. The number of hydrogen-bond donors (Lipinski definition) is 0. The van der Waals surface area contributed by atoms with E-state index in [-0.39, 0.29) is 0 Å². The Balaban J connectivity index is 2.92. The van der Waals surface area contributed by atoms with Crippen LogP contribution >= 0.6 is 11.3 Å². The van der Waals surface area contributed by atoms with E-state index in [4.69, 9.17) is 0 Å². The topological polar surface area (TPSA) is 0 Å². The van der Waals surface area contributed by atoms with Gasteiger partial charge in [0.1, 0.15) is 0 Å². The second-order valence-corrected chi connectivity index (χ2v) is 4.88. The second-order valence-electron chi connectivity index (χ2n) is 3.56. The molecule has 0 amide bonds. The number of thiophene rings is 1. The SMILES string of the molecule is C=C/C=C(\C)[C@H](CC)c1ccc(C)s1. The summed E-state index contributed by atoms with van der Waals surface area (Å²) < 4.78 is 0. The summed E-state index contributed by atoms with van der Waals surface area (Å²) in [5.41, 5.74) is 1.41. The predicted molar refractivity (Wildman–Crippen MR) is 66.0 cm³/mol. The van der Waals surface area contributed by atoms with E-state index in [0.29, 0.717) is 5.92 Å². The van der Waals surface area contributed by atoms with Gasteiger partial charge in [-0.05, 0) is 32.4 Å². The molecule has 0 fully saturated rings. The van der Waals surface area contributed by atoms with E-state index in [9.17, 15) is 0 Å². The summed E-state index contributed by atoms with van der Waals surface area (Å²) >= 11 is 1.90. The predicted octanol–water partition coefficient (Wildman–Crippen LogP) is 4.68. The molecule has 0 saturated heterocycles. The van der Waals surface area contributed by atoms with E-state index in [1.54, 1.807) is 0 Å². The fourth-order valence-electron chi connectivity index (χ4n) is 1.69. The highest BCUT2D eigenvalue weighted by molar-refractivity contribution is 7.12. The molecule has 0 aromatic carbocycles. The first-order valence-corrected chi connectivity index (χ1v) is 5.86. The molecule has 0 N–H and O–H groups in total. The third-order valence-electron chi connectivity index (χ3n) is 2.44. The van der Waals surface area contributed by atoms with Crippen LogP contribution in [0.2, 0.25) is 0 Å². The zero-order chi connectivity index (χ0) is 10.6. The molecule has 1 heterocycles. The average molecular weight is 206 g/mol. The zero-order valence-electron chi connectivity index (χ0n) is 9.21. The molecule has 0 unspecified atom stereocenters. The van der Waals surface area contributed by atoms with Gasteiger partial charge < -0.3 is 0 Å². The van der Waals surface area contributed by atoms with Crippen molar-refractivity contribution in [2.75, 3.05) is 0 Å². The molecule has 1 atom stereocenters. The van der Waals surface area contributed by atoms with Crippen LogP contribution in [0.25, 0.3) is 0 Å². The van der Waals surface area contributed by atoms with Crippen LogP contribution in [-0.4, -0.2) is 0 Å². The smallest absolute Gasteiger partial charge is 0.0140 e. The quantitative estimate of drug-likeness (QED) is 0.627. The Hall–Kier alpha value is -0.820. The maximum Gasteiger partial charge on any atom is 0.0140 e. The normalized spacial score (nSPS) is 14.1. The molecular formula is C13H18S. The minimum atomic E-state index is 0.576.